The lowest BCUT2D eigenvalue weighted by molar-refractivity contribution is -0.140. The van der Waals surface area contributed by atoms with Crippen LogP contribution in [0.3, 0.4) is 0 Å². The first-order chi connectivity index (χ1) is 12.1. The van der Waals surface area contributed by atoms with Crippen molar-refractivity contribution >= 4 is 11.9 Å². The first-order valence-electron chi connectivity index (χ1n) is 9.74. The highest BCUT2D eigenvalue weighted by molar-refractivity contribution is 5.75. The molecule has 0 unspecified atom stereocenters. The zero-order chi connectivity index (χ0) is 18.8. The third-order valence-corrected chi connectivity index (χ3v) is 4.16. The molecule has 0 radical (unpaired) electrons. The number of rotatable bonds is 15. The van der Waals surface area contributed by atoms with Gasteiger partial charge in [0.05, 0.1) is 7.11 Å². The van der Waals surface area contributed by atoms with Crippen LogP contribution >= 0.6 is 0 Å². The minimum atomic E-state index is -0.176. The lowest BCUT2D eigenvalue weighted by atomic mass is 10.1. The van der Waals surface area contributed by atoms with E-state index < -0.39 is 0 Å². The van der Waals surface area contributed by atoms with E-state index in [9.17, 15) is 9.59 Å². The maximum absolute atomic E-state index is 12.0. The second-order valence-electron chi connectivity index (χ2n) is 6.45. The van der Waals surface area contributed by atoms with Crippen molar-refractivity contribution in [1.82, 2.24) is 4.90 Å². The molecule has 0 spiro atoms. The highest BCUT2D eigenvalue weighted by atomic mass is 16.5. The number of unbranched alkanes of at least 4 members (excludes halogenated alkanes) is 6. The van der Waals surface area contributed by atoms with E-state index in [2.05, 4.69) is 36.0 Å². The van der Waals surface area contributed by atoms with Gasteiger partial charge in [0, 0.05) is 26.4 Å². The molecule has 0 aliphatic rings. The minimum Gasteiger partial charge on any atom is -0.469 e. The van der Waals surface area contributed by atoms with Crippen LogP contribution in [-0.2, 0) is 14.3 Å². The van der Waals surface area contributed by atoms with E-state index in [1.54, 1.807) is 4.90 Å². The molecule has 0 aromatic carbocycles. The van der Waals surface area contributed by atoms with Crippen LogP contribution in [0.15, 0.2) is 24.3 Å². The quantitative estimate of drug-likeness (QED) is 0.236. The molecule has 0 aliphatic carbocycles. The summed E-state index contributed by atoms with van der Waals surface area (Å²) in [6.07, 6.45) is 19.2. The van der Waals surface area contributed by atoms with Gasteiger partial charge in [-0.1, -0.05) is 56.9 Å². The van der Waals surface area contributed by atoms with Crippen LogP contribution in [0.5, 0.6) is 0 Å². The molecular weight excluding hydrogens is 314 g/mol. The van der Waals surface area contributed by atoms with E-state index >= 15 is 0 Å². The Bertz CT molecular complexity index is 402. The van der Waals surface area contributed by atoms with E-state index in [4.69, 9.17) is 0 Å². The number of esters is 1. The van der Waals surface area contributed by atoms with Gasteiger partial charge in [-0.15, -0.1) is 0 Å². The molecule has 0 fully saturated rings. The van der Waals surface area contributed by atoms with E-state index in [0.717, 1.165) is 38.6 Å². The molecule has 0 N–H and O–H groups in total. The molecule has 0 aliphatic heterocycles. The summed E-state index contributed by atoms with van der Waals surface area (Å²) in [7, 11) is 3.26. The first kappa shape index (κ1) is 23.4. The van der Waals surface area contributed by atoms with Crippen LogP contribution in [0.1, 0.15) is 77.6 Å². The molecule has 0 aromatic heterocycles. The van der Waals surface area contributed by atoms with Gasteiger partial charge >= 0.3 is 5.97 Å². The van der Waals surface area contributed by atoms with Crippen molar-refractivity contribution in [1.29, 1.82) is 0 Å². The third kappa shape index (κ3) is 15.7. The van der Waals surface area contributed by atoms with Crippen LogP contribution in [0.25, 0.3) is 0 Å². The van der Waals surface area contributed by atoms with Crippen molar-refractivity contribution in [3.63, 3.8) is 0 Å². The Morgan fingerprint density at radius 2 is 1.52 bits per heavy atom. The van der Waals surface area contributed by atoms with Crippen molar-refractivity contribution in [2.45, 2.75) is 77.6 Å². The molecule has 4 heteroatoms. The number of carbonyl (C=O) groups excluding carboxylic acids is 2. The molecule has 0 heterocycles. The molecule has 0 rings (SSSR count). The van der Waals surface area contributed by atoms with Gasteiger partial charge in [-0.05, 0) is 32.1 Å². The zero-order valence-electron chi connectivity index (χ0n) is 16.5. The molecule has 25 heavy (non-hydrogen) atoms. The molecule has 0 aromatic rings. The lowest BCUT2D eigenvalue weighted by Crippen LogP contribution is -2.27. The fourth-order valence-corrected chi connectivity index (χ4v) is 2.45. The summed E-state index contributed by atoms with van der Waals surface area (Å²) in [5.41, 5.74) is 0. The summed E-state index contributed by atoms with van der Waals surface area (Å²) < 4.78 is 4.59. The van der Waals surface area contributed by atoms with Crippen molar-refractivity contribution in [2.75, 3.05) is 20.7 Å². The lowest BCUT2D eigenvalue weighted by Gasteiger charge is -2.15. The molecular formula is C21H37NO3. The van der Waals surface area contributed by atoms with Crippen LogP contribution < -0.4 is 0 Å². The fraction of sp³-hybridized carbons (Fsp3) is 0.714. The Kier molecular flexibility index (Phi) is 16.2. The van der Waals surface area contributed by atoms with Crippen molar-refractivity contribution in [2.24, 2.45) is 0 Å². The normalized spacial score (nSPS) is 11.3. The maximum Gasteiger partial charge on any atom is 0.305 e. The second kappa shape index (κ2) is 17.2. The molecule has 0 saturated heterocycles. The predicted molar refractivity (Wildman–Crippen MR) is 104 cm³/mol. The Hall–Kier alpha value is -1.58. The smallest absolute Gasteiger partial charge is 0.305 e. The van der Waals surface area contributed by atoms with Crippen molar-refractivity contribution < 1.29 is 14.3 Å². The highest BCUT2D eigenvalue weighted by Gasteiger charge is 2.07. The number of hydrogen-bond acceptors (Lipinski definition) is 3. The minimum absolute atomic E-state index is 0.176. The maximum atomic E-state index is 12.0. The van der Waals surface area contributed by atoms with E-state index in [1.807, 2.05) is 7.05 Å². The number of allylic oxidation sites excluding steroid dienone is 3. The summed E-state index contributed by atoms with van der Waals surface area (Å²) >= 11 is 0. The Morgan fingerprint density at radius 1 is 0.880 bits per heavy atom. The average molecular weight is 352 g/mol. The van der Waals surface area contributed by atoms with Gasteiger partial charge in [0.25, 0.3) is 0 Å². The van der Waals surface area contributed by atoms with Crippen molar-refractivity contribution in [3.8, 4) is 0 Å². The fourth-order valence-electron chi connectivity index (χ4n) is 2.45. The number of hydrogen-bond donors (Lipinski definition) is 0. The number of carbonyl (C=O) groups is 2. The number of amides is 1. The molecule has 144 valence electrons. The van der Waals surface area contributed by atoms with Crippen molar-refractivity contribution in [3.05, 3.63) is 24.3 Å². The molecule has 4 nitrogen and oxygen atoms in total. The average Bonchev–Trinajstić information content (AvgIpc) is 2.62. The van der Waals surface area contributed by atoms with E-state index in [0.29, 0.717) is 12.8 Å². The van der Waals surface area contributed by atoms with Gasteiger partial charge in [0.1, 0.15) is 0 Å². The van der Waals surface area contributed by atoms with Gasteiger partial charge in [-0.25, -0.2) is 0 Å². The molecule has 1 amide bonds. The van der Waals surface area contributed by atoms with E-state index in [-0.39, 0.29) is 11.9 Å². The zero-order valence-corrected chi connectivity index (χ0v) is 16.5. The third-order valence-electron chi connectivity index (χ3n) is 4.16. The second-order valence-corrected chi connectivity index (χ2v) is 6.45. The van der Waals surface area contributed by atoms with Crippen LogP contribution in [0.4, 0.5) is 0 Å². The Balaban J connectivity index is 3.61. The number of nitrogens with zero attached hydrogens (tertiary/aromatic N) is 1. The van der Waals surface area contributed by atoms with Gasteiger partial charge < -0.3 is 9.64 Å². The molecule has 0 bridgehead atoms. The largest absolute Gasteiger partial charge is 0.469 e. The standard InChI is InChI=1S/C21H37NO3/c1-4-5-6-7-8-9-10-11-12-16-19-22(2)20(23)17-14-13-15-18-21(24)25-3/h9-12H,4-8,13-19H2,1-3H3/b10-9+,12-11-. The first-order valence-corrected chi connectivity index (χ1v) is 9.74. The van der Waals surface area contributed by atoms with Gasteiger partial charge in [-0.2, -0.15) is 0 Å². The van der Waals surface area contributed by atoms with Gasteiger partial charge in [0.2, 0.25) is 5.91 Å². The SMILES string of the molecule is CCCCCC/C=C/C=C\CCN(C)C(=O)CCCCCC(=O)OC. The van der Waals surface area contributed by atoms with E-state index in [1.165, 1.54) is 32.8 Å². The molecule has 0 saturated carbocycles. The van der Waals surface area contributed by atoms with Gasteiger partial charge in [-0.3, -0.25) is 9.59 Å². The summed E-state index contributed by atoms with van der Waals surface area (Å²) in [5, 5.41) is 0. The van der Waals surface area contributed by atoms with Crippen LogP contribution in [-0.4, -0.2) is 37.5 Å². The van der Waals surface area contributed by atoms with Crippen LogP contribution in [0, 0.1) is 0 Å². The topological polar surface area (TPSA) is 46.6 Å². The number of methoxy groups -OCH3 is 1. The van der Waals surface area contributed by atoms with Gasteiger partial charge in [0.15, 0.2) is 0 Å². The predicted octanol–water partition coefficient (Wildman–Crippen LogP) is 5.04. The Morgan fingerprint density at radius 3 is 2.20 bits per heavy atom. The summed E-state index contributed by atoms with van der Waals surface area (Å²) in [4.78, 5) is 24.8. The monoisotopic (exact) mass is 351 g/mol. The summed E-state index contributed by atoms with van der Waals surface area (Å²) in [6, 6.07) is 0. The highest BCUT2D eigenvalue weighted by Crippen LogP contribution is 2.06. The summed E-state index contributed by atoms with van der Waals surface area (Å²) in [6.45, 7) is 2.98. The Labute approximate surface area is 154 Å². The number of ether oxygens (including phenoxy) is 1. The summed E-state index contributed by atoms with van der Waals surface area (Å²) in [5.74, 6) is 0.00294. The molecule has 0 atom stereocenters. The van der Waals surface area contributed by atoms with Crippen LogP contribution in [0.2, 0.25) is 0 Å².